The van der Waals surface area contributed by atoms with Crippen LogP contribution in [0, 0.1) is 0 Å². The Morgan fingerprint density at radius 3 is 2.79 bits per heavy atom. The van der Waals surface area contributed by atoms with Crippen molar-refractivity contribution < 1.29 is 18.3 Å². The van der Waals surface area contributed by atoms with Crippen LogP contribution in [-0.4, -0.2) is 16.2 Å². The molecule has 4 aromatic heterocycles. The Morgan fingerprint density at radius 1 is 1.08 bits per heavy atom. The molecule has 0 aromatic carbocycles. The molecular weight excluding hydrogens is 330 g/mol. The Hall–Kier alpha value is -3.13. The number of aromatic nitrogens is 2. The molecule has 120 valence electrons. The molecule has 0 aliphatic heterocycles. The lowest BCUT2D eigenvalue weighted by atomic mass is 10.3. The largest absolute Gasteiger partial charge is 0.461 e. The number of thiophene rings is 1. The minimum Gasteiger partial charge on any atom is -0.461 e. The summed E-state index contributed by atoms with van der Waals surface area (Å²) in [5.74, 6) is 1.22. The Kier molecular flexibility index (Phi) is 3.72. The number of amides is 1. The predicted molar refractivity (Wildman–Crippen MR) is 85.2 cm³/mol. The third-order valence-corrected chi connectivity index (χ3v) is 4.14. The van der Waals surface area contributed by atoms with Crippen molar-refractivity contribution >= 4 is 17.2 Å². The van der Waals surface area contributed by atoms with Crippen molar-refractivity contribution in [2.75, 3.05) is 0 Å². The standard InChI is InChI=1S/C16H11N3O4S/c20-16(11-8-13(22-19-11)12-3-1-5-21-12)17-9-10-7-14(23-18-10)15-4-2-6-24-15/h1-8H,9H2,(H,17,20). The predicted octanol–water partition coefficient (Wildman–Crippen LogP) is 3.58. The van der Waals surface area contributed by atoms with Crippen molar-refractivity contribution in [2.45, 2.75) is 6.54 Å². The van der Waals surface area contributed by atoms with E-state index in [1.807, 2.05) is 17.5 Å². The van der Waals surface area contributed by atoms with Gasteiger partial charge in [-0.25, -0.2) is 0 Å². The highest BCUT2D eigenvalue weighted by atomic mass is 32.1. The normalized spacial score (nSPS) is 10.8. The van der Waals surface area contributed by atoms with Gasteiger partial charge in [-0.05, 0) is 23.6 Å². The molecule has 0 aliphatic rings. The molecule has 0 spiro atoms. The minimum atomic E-state index is -0.364. The third kappa shape index (κ3) is 2.86. The minimum absolute atomic E-state index is 0.170. The highest BCUT2D eigenvalue weighted by Gasteiger charge is 2.16. The first-order valence-corrected chi connectivity index (χ1v) is 7.96. The van der Waals surface area contributed by atoms with Gasteiger partial charge in [-0.1, -0.05) is 16.4 Å². The molecule has 4 heterocycles. The summed E-state index contributed by atoms with van der Waals surface area (Å²) in [6, 6.07) is 10.7. The fourth-order valence-corrected chi connectivity index (χ4v) is 2.78. The van der Waals surface area contributed by atoms with Crippen LogP contribution in [0.3, 0.4) is 0 Å². The molecule has 24 heavy (non-hydrogen) atoms. The maximum absolute atomic E-state index is 12.1. The fraction of sp³-hybridized carbons (Fsp3) is 0.0625. The summed E-state index contributed by atoms with van der Waals surface area (Å²) >= 11 is 1.56. The fourth-order valence-electron chi connectivity index (χ4n) is 2.11. The average Bonchev–Trinajstić information content (AvgIpc) is 3.40. The summed E-state index contributed by atoms with van der Waals surface area (Å²) in [4.78, 5) is 13.1. The van der Waals surface area contributed by atoms with Crippen LogP contribution in [0.25, 0.3) is 22.2 Å². The van der Waals surface area contributed by atoms with E-state index >= 15 is 0 Å². The summed E-state index contributed by atoms with van der Waals surface area (Å²) in [6.45, 7) is 0.233. The molecule has 4 rings (SSSR count). The molecule has 0 atom stereocenters. The maximum atomic E-state index is 12.1. The Balaban J connectivity index is 1.40. The SMILES string of the molecule is O=C(NCc1cc(-c2cccs2)on1)c1cc(-c2ccco2)on1. The van der Waals surface area contributed by atoms with E-state index in [9.17, 15) is 4.79 Å². The molecule has 0 saturated heterocycles. The molecule has 0 radical (unpaired) electrons. The zero-order valence-electron chi connectivity index (χ0n) is 12.3. The van der Waals surface area contributed by atoms with Gasteiger partial charge >= 0.3 is 0 Å². The lowest BCUT2D eigenvalue weighted by molar-refractivity contribution is 0.0941. The molecular formula is C16H11N3O4S. The van der Waals surface area contributed by atoms with Crippen LogP contribution >= 0.6 is 11.3 Å². The van der Waals surface area contributed by atoms with Crippen molar-refractivity contribution in [1.82, 2.24) is 15.6 Å². The van der Waals surface area contributed by atoms with Crippen LogP contribution in [-0.2, 0) is 6.54 Å². The molecule has 0 saturated carbocycles. The summed E-state index contributed by atoms with van der Waals surface area (Å²) in [5.41, 5.74) is 0.796. The Labute approximate surface area is 139 Å². The highest BCUT2D eigenvalue weighted by Crippen LogP contribution is 2.25. The zero-order valence-corrected chi connectivity index (χ0v) is 13.1. The summed E-state index contributed by atoms with van der Waals surface area (Å²) in [5, 5.41) is 12.4. The topological polar surface area (TPSA) is 94.3 Å². The van der Waals surface area contributed by atoms with E-state index in [-0.39, 0.29) is 18.1 Å². The lowest BCUT2D eigenvalue weighted by Gasteiger charge is -1.97. The smallest absolute Gasteiger partial charge is 0.273 e. The van der Waals surface area contributed by atoms with Crippen molar-refractivity contribution in [3.05, 3.63) is 59.4 Å². The summed E-state index contributed by atoms with van der Waals surface area (Å²) < 4.78 is 15.6. The van der Waals surface area contributed by atoms with E-state index in [0.717, 1.165) is 4.88 Å². The van der Waals surface area contributed by atoms with Gasteiger partial charge in [0.25, 0.3) is 5.91 Å². The van der Waals surface area contributed by atoms with Gasteiger partial charge in [0.05, 0.1) is 17.7 Å². The van der Waals surface area contributed by atoms with Gasteiger partial charge in [0.15, 0.2) is 17.2 Å². The van der Waals surface area contributed by atoms with Crippen molar-refractivity contribution in [3.63, 3.8) is 0 Å². The Morgan fingerprint density at radius 2 is 2.00 bits per heavy atom. The van der Waals surface area contributed by atoms with Gasteiger partial charge in [-0.2, -0.15) is 0 Å². The first-order valence-electron chi connectivity index (χ1n) is 7.08. The van der Waals surface area contributed by atoms with E-state index in [0.29, 0.717) is 23.0 Å². The second kappa shape index (κ2) is 6.17. The summed E-state index contributed by atoms with van der Waals surface area (Å²) in [6.07, 6.45) is 1.52. The quantitative estimate of drug-likeness (QED) is 0.596. The van der Waals surface area contributed by atoms with Crippen LogP contribution in [0.1, 0.15) is 16.2 Å². The summed E-state index contributed by atoms with van der Waals surface area (Å²) in [7, 11) is 0. The molecule has 4 aromatic rings. The van der Waals surface area contributed by atoms with Crippen molar-refractivity contribution in [2.24, 2.45) is 0 Å². The van der Waals surface area contributed by atoms with Gasteiger partial charge in [0.1, 0.15) is 5.69 Å². The molecule has 0 bridgehead atoms. The van der Waals surface area contributed by atoms with E-state index < -0.39 is 0 Å². The number of hydrogen-bond acceptors (Lipinski definition) is 7. The van der Waals surface area contributed by atoms with E-state index in [2.05, 4.69) is 15.6 Å². The first kappa shape index (κ1) is 14.5. The molecule has 1 amide bonds. The van der Waals surface area contributed by atoms with Crippen LogP contribution in [0.4, 0.5) is 0 Å². The lowest BCUT2D eigenvalue weighted by Crippen LogP contribution is -2.23. The number of hydrogen-bond donors (Lipinski definition) is 1. The number of carbonyl (C=O) groups excluding carboxylic acids is 1. The molecule has 0 aliphatic carbocycles. The van der Waals surface area contributed by atoms with Crippen molar-refractivity contribution in [1.29, 1.82) is 0 Å². The van der Waals surface area contributed by atoms with E-state index in [1.165, 1.54) is 12.3 Å². The second-order valence-electron chi connectivity index (χ2n) is 4.90. The first-order chi connectivity index (χ1) is 11.8. The highest BCUT2D eigenvalue weighted by molar-refractivity contribution is 7.13. The number of nitrogens with one attached hydrogen (secondary N) is 1. The van der Waals surface area contributed by atoms with Gasteiger partial charge in [-0.3, -0.25) is 4.79 Å². The molecule has 1 N–H and O–H groups in total. The molecule has 8 heteroatoms. The van der Waals surface area contributed by atoms with Crippen LogP contribution in [0.5, 0.6) is 0 Å². The number of furan rings is 1. The monoisotopic (exact) mass is 341 g/mol. The van der Waals surface area contributed by atoms with Gasteiger partial charge < -0.3 is 18.8 Å². The third-order valence-electron chi connectivity index (χ3n) is 3.26. The van der Waals surface area contributed by atoms with Crippen molar-refractivity contribution in [3.8, 4) is 22.2 Å². The molecule has 0 fully saturated rings. The van der Waals surface area contributed by atoms with Crippen LogP contribution in [0.15, 0.2) is 61.5 Å². The van der Waals surface area contributed by atoms with Crippen LogP contribution in [0.2, 0.25) is 0 Å². The average molecular weight is 341 g/mol. The molecule has 0 unspecified atom stereocenters. The zero-order chi connectivity index (χ0) is 16.4. The number of carbonyl (C=O) groups is 1. The van der Waals surface area contributed by atoms with Crippen LogP contribution < -0.4 is 5.32 Å². The number of nitrogens with zero attached hydrogens (tertiary/aromatic N) is 2. The van der Waals surface area contributed by atoms with Gasteiger partial charge in [-0.15, -0.1) is 11.3 Å². The maximum Gasteiger partial charge on any atom is 0.273 e. The number of rotatable bonds is 5. The van der Waals surface area contributed by atoms with Gasteiger partial charge in [0, 0.05) is 12.1 Å². The second-order valence-corrected chi connectivity index (χ2v) is 5.84. The van der Waals surface area contributed by atoms with E-state index in [1.54, 1.807) is 29.5 Å². The Bertz CT molecular complexity index is 938. The molecule has 7 nitrogen and oxygen atoms in total. The van der Waals surface area contributed by atoms with Gasteiger partial charge in [0.2, 0.25) is 5.76 Å². The van der Waals surface area contributed by atoms with E-state index in [4.69, 9.17) is 13.5 Å².